The zero-order valence-electron chi connectivity index (χ0n) is 11.2. The lowest BCUT2D eigenvalue weighted by molar-refractivity contribution is -0.118. The van der Waals surface area contributed by atoms with Crippen molar-refractivity contribution in [2.24, 2.45) is 0 Å². The Labute approximate surface area is 117 Å². The normalized spacial score (nSPS) is 15.4. The van der Waals surface area contributed by atoms with Gasteiger partial charge in [-0.15, -0.1) is 0 Å². The number of nitrogens with zero attached hydrogens (tertiary/aromatic N) is 2. The van der Waals surface area contributed by atoms with E-state index in [4.69, 9.17) is 4.74 Å². The van der Waals surface area contributed by atoms with E-state index in [-0.39, 0.29) is 5.91 Å². The van der Waals surface area contributed by atoms with Gasteiger partial charge in [-0.05, 0) is 25.0 Å². The summed E-state index contributed by atoms with van der Waals surface area (Å²) in [6.45, 7) is 0. The maximum absolute atomic E-state index is 12.5. The van der Waals surface area contributed by atoms with Crippen LogP contribution in [0.25, 0.3) is 0 Å². The van der Waals surface area contributed by atoms with Gasteiger partial charge in [0.2, 0.25) is 5.91 Å². The van der Waals surface area contributed by atoms with E-state index < -0.39 is 5.41 Å². The van der Waals surface area contributed by atoms with E-state index in [9.17, 15) is 4.79 Å². The summed E-state index contributed by atoms with van der Waals surface area (Å²) in [4.78, 5) is 20.4. The van der Waals surface area contributed by atoms with Crippen LogP contribution in [0.3, 0.4) is 0 Å². The number of ether oxygens (including phenoxy) is 1. The predicted molar refractivity (Wildman–Crippen MR) is 74.6 cm³/mol. The summed E-state index contributed by atoms with van der Waals surface area (Å²) in [5.41, 5.74) is 0.450. The minimum absolute atomic E-state index is 0.0410. The van der Waals surface area contributed by atoms with E-state index >= 15 is 0 Å². The van der Waals surface area contributed by atoms with Gasteiger partial charge in [-0.3, -0.25) is 4.79 Å². The van der Waals surface area contributed by atoms with E-state index in [0.29, 0.717) is 5.82 Å². The average molecular weight is 269 g/mol. The van der Waals surface area contributed by atoms with Crippen molar-refractivity contribution in [1.82, 2.24) is 9.97 Å². The largest absolute Gasteiger partial charge is 0.496 e. The Bertz CT molecular complexity index is 624. The monoisotopic (exact) mass is 269 g/mol. The number of hydrogen-bond acceptors (Lipinski definition) is 4. The van der Waals surface area contributed by atoms with Gasteiger partial charge in [0.05, 0.1) is 12.5 Å². The molecule has 0 aliphatic heterocycles. The number of nitrogens with one attached hydrogen (secondary N) is 1. The summed E-state index contributed by atoms with van der Waals surface area (Å²) in [5, 5.41) is 2.85. The Morgan fingerprint density at radius 3 is 2.75 bits per heavy atom. The number of anilines is 1. The molecule has 0 unspecified atom stereocenters. The van der Waals surface area contributed by atoms with E-state index in [1.807, 2.05) is 24.3 Å². The number of aromatic nitrogens is 2. The SMILES string of the molecule is COc1ccccc1C1(C(=O)Nc2ccncn2)CC1. The van der Waals surface area contributed by atoms with Gasteiger partial charge in [-0.25, -0.2) is 9.97 Å². The highest BCUT2D eigenvalue weighted by atomic mass is 16.5. The molecule has 0 radical (unpaired) electrons. The number of hydrogen-bond donors (Lipinski definition) is 1. The van der Waals surface area contributed by atoms with Crippen LogP contribution in [0.15, 0.2) is 42.9 Å². The molecule has 5 heteroatoms. The summed E-state index contributed by atoms with van der Waals surface area (Å²) >= 11 is 0. The minimum atomic E-state index is -0.489. The quantitative estimate of drug-likeness (QED) is 0.923. The third kappa shape index (κ3) is 2.11. The van der Waals surface area contributed by atoms with Crippen LogP contribution >= 0.6 is 0 Å². The standard InChI is InChI=1S/C15H15N3O2/c1-20-12-5-3-2-4-11(12)15(7-8-15)14(19)18-13-6-9-16-10-17-13/h2-6,9-10H,7-8H2,1H3,(H,16,17,18,19). The van der Waals surface area contributed by atoms with Crippen molar-refractivity contribution in [1.29, 1.82) is 0 Å². The van der Waals surface area contributed by atoms with E-state index in [1.165, 1.54) is 6.33 Å². The van der Waals surface area contributed by atoms with Gasteiger partial charge in [0.15, 0.2) is 0 Å². The molecule has 0 bridgehead atoms. The van der Waals surface area contributed by atoms with Crippen LogP contribution in [0.4, 0.5) is 5.82 Å². The van der Waals surface area contributed by atoms with E-state index in [1.54, 1.807) is 19.4 Å². The predicted octanol–water partition coefficient (Wildman–Crippen LogP) is 2.16. The van der Waals surface area contributed by atoms with Crippen LogP contribution in [0.5, 0.6) is 5.75 Å². The van der Waals surface area contributed by atoms with Crippen LogP contribution in [0.1, 0.15) is 18.4 Å². The Kier molecular flexibility index (Phi) is 3.10. The molecule has 102 valence electrons. The number of carbonyl (C=O) groups is 1. The molecule has 1 N–H and O–H groups in total. The first-order chi connectivity index (χ1) is 9.76. The lowest BCUT2D eigenvalue weighted by atomic mass is 9.94. The third-order valence-electron chi connectivity index (χ3n) is 3.63. The van der Waals surface area contributed by atoms with Gasteiger partial charge < -0.3 is 10.1 Å². The second kappa shape index (κ2) is 4.92. The highest BCUT2D eigenvalue weighted by Gasteiger charge is 2.52. The molecule has 1 aromatic heterocycles. The van der Waals surface area contributed by atoms with Crippen LogP contribution in [0, 0.1) is 0 Å². The fraction of sp³-hybridized carbons (Fsp3) is 0.267. The smallest absolute Gasteiger partial charge is 0.236 e. The Hall–Kier alpha value is -2.43. The van der Waals surface area contributed by atoms with Gasteiger partial charge in [-0.2, -0.15) is 0 Å². The van der Waals surface area contributed by atoms with Crippen molar-refractivity contribution in [2.45, 2.75) is 18.3 Å². The van der Waals surface area contributed by atoms with E-state index in [0.717, 1.165) is 24.2 Å². The number of amides is 1. The molecule has 3 rings (SSSR count). The molecule has 20 heavy (non-hydrogen) atoms. The van der Waals surface area contributed by atoms with Crippen molar-refractivity contribution in [3.8, 4) is 5.75 Å². The zero-order valence-corrected chi connectivity index (χ0v) is 11.2. The zero-order chi connectivity index (χ0) is 14.0. The summed E-state index contributed by atoms with van der Waals surface area (Å²) in [6.07, 6.45) is 4.66. The van der Waals surface area contributed by atoms with Crippen molar-refractivity contribution in [2.75, 3.05) is 12.4 Å². The number of methoxy groups -OCH3 is 1. The van der Waals surface area contributed by atoms with Crippen molar-refractivity contribution >= 4 is 11.7 Å². The summed E-state index contributed by atoms with van der Waals surface area (Å²) in [6, 6.07) is 9.34. The van der Waals surface area contributed by atoms with Crippen LogP contribution in [-0.4, -0.2) is 23.0 Å². The number of para-hydroxylation sites is 1. The van der Waals surface area contributed by atoms with Crippen LogP contribution in [-0.2, 0) is 10.2 Å². The van der Waals surface area contributed by atoms with Gasteiger partial charge in [0.25, 0.3) is 0 Å². The van der Waals surface area contributed by atoms with Crippen molar-refractivity contribution < 1.29 is 9.53 Å². The molecule has 0 atom stereocenters. The molecule has 5 nitrogen and oxygen atoms in total. The highest BCUT2D eigenvalue weighted by molar-refractivity contribution is 6.01. The minimum Gasteiger partial charge on any atom is -0.496 e. The van der Waals surface area contributed by atoms with Gasteiger partial charge >= 0.3 is 0 Å². The second-order valence-electron chi connectivity index (χ2n) is 4.83. The fourth-order valence-electron chi connectivity index (χ4n) is 2.38. The van der Waals surface area contributed by atoms with E-state index in [2.05, 4.69) is 15.3 Å². The molecule has 1 fully saturated rings. The molecule has 1 aliphatic rings. The summed E-state index contributed by atoms with van der Waals surface area (Å²) < 4.78 is 5.37. The van der Waals surface area contributed by atoms with Gasteiger partial charge in [0, 0.05) is 11.8 Å². The lowest BCUT2D eigenvalue weighted by Crippen LogP contribution is -2.28. The summed E-state index contributed by atoms with van der Waals surface area (Å²) in [5.74, 6) is 1.23. The molecular formula is C15H15N3O2. The molecule has 0 spiro atoms. The molecule has 1 aromatic carbocycles. The molecule has 1 aliphatic carbocycles. The Morgan fingerprint density at radius 1 is 1.30 bits per heavy atom. The van der Waals surface area contributed by atoms with Crippen LogP contribution in [0.2, 0.25) is 0 Å². The summed E-state index contributed by atoms with van der Waals surface area (Å²) in [7, 11) is 1.62. The first kappa shape index (κ1) is 12.6. The van der Waals surface area contributed by atoms with Crippen molar-refractivity contribution in [3.63, 3.8) is 0 Å². The molecule has 1 heterocycles. The topological polar surface area (TPSA) is 64.1 Å². The maximum atomic E-state index is 12.5. The third-order valence-corrected chi connectivity index (χ3v) is 3.63. The van der Waals surface area contributed by atoms with Crippen LogP contribution < -0.4 is 10.1 Å². The number of carbonyl (C=O) groups excluding carboxylic acids is 1. The molecule has 1 amide bonds. The molecular weight excluding hydrogens is 254 g/mol. The maximum Gasteiger partial charge on any atom is 0.236 e. The number of benzene rings is 1. The Morgan fingerprint density at radius 2 is 2.10 bits per heavy atom. The molecule has 1 saturated carbocycles. The lowest BCUT2D eigenvalue weighted by Gasteiger charge is -2.18. The molecule has 0 saturated heterocycles. The first-order valence-corrected chi connectivity index (χ1v) is 6.47. The number of rotatable bonds is 4. The average Bonchev–Trinajstić information content (AvgIpc) is 3.30. The fourth-order valence-corrected chi connectivity index (χ4v) is 2.38. The van der Waals surface area contributed by atoms with Gasteiger partial charge in [0.1, 0.15) is 17.9 Å². The molecule has 2 aromatic rings. The highest BCUT2D eigenvalue weighted by Crippen LogP contribution is 2.51. The van der Waals surface area contributed by atoms with Crippen molar-refractivity contribution in [3.05, 3.63) is 48.4 Å². The van der Waals surface area contributed by atoms with Gasteiger partial charge in [-0.1, -0.05) is 18.2 Å². The first-order valence-electron chi connectivity index (χ1n) is 6.47. The Balaban J connectivity index is 1.87. The second-order valence-corrected chi connectivity index (χ2v) is 4.83.